The van der Waals surface area contributed by atoms with Crippen LogP contribution in [-0.4, -0.2) is 35.2 Å². The number of amides is 2. The number of benzene rings is 1. The number of hydrogen-bond donors (Lipinski definition) is 4. The van der Waals surface area contributed by atoms with Gasteiger partial charge in [-0.2, -0.15) is 0 Å². The number of carbonyl (C=O) groups excluding carboxylic acids is 2. The van der Waals surface area contributed by atoms with Crippen molar-refractivity contribution in [3.63, 3.8) is 0 Å². The summed E-state index contributed by atoms with van der Waals surface area (Å²) in [4.78, 5) is 33.8. The van der Waals surface area contributed by atoms with Crippen LogP contribution in [0.25, 0.3) is 0 Å². The Balaban J connectivity index is 2.79. The Hall–Kier alpha value is -2.77. The third kappa shape index (κ3) is 6.68. The molecule has 1 atom stereocenters. The topological polar surface area (TPSA) is 131 Å². The summed E-state index contributed by atoms with van der Waals surface area (Å²) in [5.41, 5.74) is 5.27. The summed E-state index contributed by atoms with van der Waals surface area (Å²) in [6, 6.07) is 4.99. The van der Waals surface area contributed by atoms with E-state index in [9.17, 15) is 19.5 Å². The molecule has 0 bridgehead atoms. The molecule has 0 aliphatic rings. The van der Waals surface area contributed by atoms with Crippen molar-refractivity contribution in [2.75, 3.05) is 11.9 Å². The van der Waals surface area contributed by atoms with Gasteiger partial charge in [0, 0.05) is 5.69 Å². The number of carboxylic acids is 1. The molecule has 1 aromatic rings. The predicted octanol–water partition coefficient (Wildman–Crippen LogP) is 1.23. The third-order valence-corrected chi connectivity index (χ3v) is 2.62. The van der Waals surface area contributed by atoms with Crippen LogP contribution in [0.15, 0.2) is 24.3 Å². The summed E-state index contributed by atoms with van der Waals surface area (Å²) < 4.78 is 5.05. The number of rotatable bonds is 6. The fraction of sp³-hybridized carbons (Fsp3) is 0.400. The Kier molecular flexibility index (Phi) is 5.94. The normalized spacial score (nSPS) is 12.1. The number of carbonyl (C=O) groups is 3. The second kappa shape index (κ2) is 7.48. The van der Waals surface area contributed by atoms with Crippen molar-refractivity contribution in [1.82, 2.24) is 5.32 Å². The molecular formula is C15H21N3O5. The van der Waals surface area contributed by atoms with Crippen molar-refractivity contribution in [3.05, 3.63) is 29.8 Å². The molecule has 1 rings (SSSR count). The first-order chi connectivity index (χ1) is 10.6. The Morgan fingerprint density at radius 3 is 2.22 bits per heavy atom. The number of carboxylic acid groups (broad SMARTS) is 1. The van der Waals surface area contributed by atoms with E-state index in [0.29, 0.717) is 11.3 Å². The second-order valence-electron chi connectivity index (χ2n) is 5.86. The van der Waals surface area contributed by atoms with Crippen LogP contribution < -0.4 is 16.4 Å². The van der Waals surface area contributed by atoms with E-state index in [1.54, 1.807) is 32.9 Å². The van der Waals surface area contributed by atoms with Gasteiger partial charge in [0.1, 0.15) is 5.60 Å². The zero-order chi connectivity index (χ0) is 17.6. The molecular weight excluding hydrogens is 302 g/mol. The van der Waals surface area contributed by atoms with Gasteiger partial charge in [0.15, 0.2) is 6.04 Å². The van der Waals surface area contributed by atoms with Crippen LogP contribution >= 0.6 is 0 Å². The fourth-order valence-corrected chi connectivity index (χ4v) is 1.70. The highest BCUT2D eigenvalue weighted by molar-refractivity contribution is 5.82. The molecule has 0 radical (unpaired) electrons. The van der Waals surface area contributed by atoms with Crippen LogP contribution in [0.5, 0.6) is 0 Å². The zero-order valence-electron chi connectivity index (χ0n) is 13.3. The van der Waals surface area contributed by atoms with E-state index in [4.69, 9.17) is 10.5 Å². The summed E-state index contributed by atoms with van der Waals surface area (Å²) in [5, 5.41) is 14.4. The maximum absolute atomic E-state index is 11.7. The molecule has 5 N–H and O–H groups in total. The van der Waals surface area contributed by atoms with Gasteiger partial charge in [0.2, 0.25) is 5.91 Å². The standard InChI is InChI=1S/C15H21N3O5/c1-15(2,3)23-14(22)18-12(13(20)21)9-4-6-10(7-5-9)17-8-11(16)19/h4-7,12,17H,8H2,1-3H3,(H2,16,19)(H,18,22)(H,20,21)/t12-/m1/s1. The molecule has 23 heavy (non-hydrogen) atoms. The summed E-state index contributed by atoms with van der Waals surface area (Å²) in [5.74, 6) is -1.72. The lowest BCUT2D eigenvalue weighted by Crippen LogP contribution is -2.38. The van der Waals surface area contributed by atoms with Crippen molar-refractivity contribution >= 4 is 23.7 Å². The van der Waals surface area contributed by atoms with E-state index in [1.807, 2.05) is 0 Å². The SMILES string of the molecule is CC(C)(C)OC(=O)N[C@@H](C(=O)O)c1ccc(NCC(N)=O)cc1. The highest BCUT2D eigenvalue weighted by Crippen LogP contribution is 2.18. The van der Waals surface area contributed by atoms with E-state index in [2.05, 4.69) is 10.6 Å². The first-order valence-electron chi connectivity index (χ1n) is 6.93. The minimum Gasteiger partial charge on any atom is -0.479 e. The molecule has 0 saturated carbocycles. The average molecular weight is 323 g/mol. The largest absolute Gasteiger partial charge is 0.479 e. The van der Waals surface area contributed by atoms with Crippen molar-refractivity contribution in [3.8, 4) is 0 Å². The highest BCUT2D eigenvalue weighted by atomic mass is 16.6. The van der Waals surface area contributed by atoms with E-state index < -0.39 is 29.6 Å². The van der Waals surface area contributed by atoms with Gasteiger partial charge >= 0.3 is 12.1 Å². The first kappa shape index (κ1) is 18.3. The molecule has 0 saturated heterocycles. The lowest BCUT2D eigenvalue weighted by Gasteiger charge is -2.22. The molecule has 0 aliphatic heterocycles. The molecule has 0 aromatic heterocycles. The Morgan fingerprint density at radius 2 is 1.78 bits per heavy atom. The van der Waals surface area contributed by atoms with Crippen LogP contribution in [-0.2, 0) is 14.3 Å². The highest BCUT2D eigenvalue weighted by Gasteiger charge is 2.25. The quantitative estimate of drug-likeness (QED) is 0.623. The Bertz CT molecular complexity index is 578. The van der Waals surface area contributed by atoms with Crippen LogP contribution in [0, 0.1) is 0 Å². The number of nitrogens with two attached hydrogens (primary N) is 1. The molecule has 1 aromatic carbocycles. The number of anilines is 1. The smallest absolute Gasteiger partial charge is 0.408 e. The lowest BCUT2D eigenvalue weighted by molar-refractivity contribution is -0.139. The molecule has 0 fully saturated rings. The first-order valence-corrected chi connectivity index (χ1v) is 6.93. The van der Waals surface area contributed by atoms with Crippen LogP contribution in [0.1, 0.15) is 32.4 Å². The van der Waals surface area contributed by atoms with Gasteiger partial charge in [-0.05, 0) is 38.5 Å². The van der Waals surface area contributed by atoms with E-state index in [-0.39, 0.29) is 6.54 Å². The fourth-order valence-electron chi connectivity index (χ4n) is 1.70. The van der Waals surface area contributed by atoms with Gasteiger partial charge in [0.05, 0.1) is 6.54 Å². The monoisotopic (exact) mass is 323 g/mol. The second-order valence-corrected chi connectivity index (χ2v) is 5.86. The molecule has 0 unspecified atom stereocenters. The summed E-state index contributed by atoms with van der Waals surface area (Å²) in [6.07, 6.45) is -0.819. The molecule has 0 aliphatic carbocycles. The summed E-state index contributed by atoms with van der Waals surface area (Å²) >= 11 is 0. The molecule has 0 spiro atoms. The van der Waals surface area contributed by atoms with Gasteiger partial charge in [-0.3, -0.25) is 4.79 Å². The predicted molar refractivity (Wildman–Crippen MR) is 83.9 cm³/mol. The van der Waals surface area contributed by atoms with E-state index in [1.165, 1.54) is 12.1 Å². The van der Waals surface area contributed by atoms with Gasteiger partial charge < -0.3 is 26.2 Å². The van der Waals surface area contributed by atoms with Gasteiger partial charge in [-0.15, -0.1) is 0 Å². The average Bonchev–Trinajstić information content (AvgIpc) is 2.41. The van der Waals surface area contributed by atoms with Crippen molar-refractivity contribution in [2.45, 2.75) is 32.4 Å². The van der Waals surface area contributed by atoms with Crippen molar-refractivity contribution < 1.29 is 24.2 Å². The summed E-state index contributed by atoms with van der Waals surface area (Å²) in [7, 11) is 0. The zero-order valence-corrected chi connectivity index (χ0v) is 13.3. The van der Waals surface area contributed by atoms with Gasteiger partial charge in [-0.1, -0.05) is 12.1 Å². The summed E-state index contributed by atoms with van der Waals surface area (Å²) in [6.45, 7) is 5.02. The minimum absolute atomic E-state index is 0.0299. The maximum Gasteiger partial charge on any atom is 0.408 e. The number of aliphatic carboxylic acids is 1. The van der Waals surface area contributed by atoms with Crippen molar-refractivity contribution in [2.24, 2.45) is 5.73 Å². The van der Waals surface area contributed by atoms with E-state index in [0.717, 1.165) is 0 Å². The Labute approximate surface area is 134 Å². The third-order valence-electron chi connectivity index (χ3n) is 2.62. The van der Waals surface area contributed by atoms with Gasteiger partial charge in [0.25, 0.3) is 0 Å². The number of ether oxygens (including phenoxy) is 1. The maximum atomic E-state index is 11.7. The van der Waals surface area contributed by atoms with Crippen LogP contribution in [0.4, 0.5) is 10.5 Å². The number of primary amides is 1. The number of nitrogens with one attached hydrogen (secondary N) is 2. The van der Waals surface area contributed by atoms with Crippen LogP contribution in [0.2, 0.25) is 0 Å². The minimum atomic E-state index is -1.24. The Morgan fingerprint density at radius 1 is 1.22 bits per heavy atom. The molecule has 8 nitrogen and oxygen atoms in total. The molecule has 8 heteroatoms. The van der Waals surface area contributed by atoms with Gasteiger partial charge in [-0.25, -0.2) is 9.59 Å². The van der Waals surface area contributed by atoms with E-state index >= 15 is 0 Å². The number of alkyl carbamates (subject to hydrolysis) is 1. The molecule has 2 amide bonds. The van der Waals surface area contributed by atoms with Crippen molar-refractivity contribution in [1.29, 1.82) is 0 Å². The van der Waals surface area contributed by atoms with Crippen LogP contribution in [0.3, 0.4) is 0 Å². The molecule has 0 heterocycles. The lowest BCUT2D eigenvalue weighted by atomic mass is 10.1. The molecule has 126 valence electrons. The number of hydrogen-bond acceptors (Lipinski definition) is 5.